The van der Waals surface area contributed by atoms with Crippen LogP contribution in [0.3, 0.4) is 0 Å². The molecule has 158 valence electrons. The molecule has 2 aromatic heterocycles. The van der Waals surface area contributed by atoms with Crippen molar-refractivity contribution in [1.82, 2.24) is 14.8 Å². The molecule has 0 spiro atoms. The van der Waals surface area contributed by atoms with Crippen LogP contribution >= 0.6 is 23.4 Å². The number of hydrogen-bond acceptors (Lipinski definition) is 5. The van der Waals surface area contributed by atoms with Gasteiger partial charge in [0, 0.05) is 10.7 Å². The number of nitrogens with zero attached hydrogens (tertiary/aromatic N) is 3. The lowest BCUT2D eigenvalue weighted by Gasteiger charge is -2.10. The van der Waals surface area contributed by atoms with Crippen LogP contribution < -0.4 is 5.32 Å². The van der Waals surface area contributed by atoms with Crippen LogP contribution in [0.2, 0.25) is 5.02 Å². The molecule has 4 rings (SSSR count). The number of carbonyl (C=O) groups is 1. The Morgan fingerprint density at radius 3 is 2.77 bits per heavy atom. The first kappa shape index (κ1) is 21.1. The summed E-state index contributed by atoms with van der Waals surface area (Å²) in [5.74, 6) is 0.542. The Morgan fingerprint density at radius 2 is 2.03 bits per heavy atom. The van der Waals surface area contributed by atoms with E-state index in [1.54, 1.807) is 53.3 Å². The molecule has 0 saturated heterocycles. The quantitative estimate of drug-likeness (QED) is 0.376. The highest BCUT2D eigenvalue weighted by atomic mass is 35.5. The van der Waals surface area contributed by atoms with Crippen molar-refractivity contribution >= 4 is 35.0 Å². The van der Waals surface area contributed by atoms with Crippen molar-refractivity contribution in [2.24, 2.45) is 0 Å². The van der Waals surface area contributed by atoms with Gasteiger partial charge in [0.25, 0.3) is 0 Å². The number of amides is 1. The molecule has 2 heterocycles. The molecule has 0 aliphatic carbocycles. The predicted octanol–water partition coefficient (Wildman–Crippen LogP) is 5.42. The molecule has 0 bridgehead atoms. The van der Waals surface area contributed by atoms with Gasteiger partial charge in [-0.3, -0.25) is 9.36 Å². The third-order valence-electron chi connectivity index (χ3n) is 4.52. The molecular weight excluding hydrogens is 439 g/mol. The Balaban J connectivity index is 1.55. The Hall–Kier alpha value is -3.10. The number of nitrogens with one attached hydrogen (secondary N) is 1. The number of halogens is 2. The Labute approximate surface area is 187 Å². The van der Waals surface area contributed by atoms with E-state index < -0.39 is 5.82 Å². The highest BCUT2D eigenvalue weighted by Crippen LogP contribution is 2.27. The fourth-order valence-electron chi connectivity index (χ4n) is 3.02. The Morgan fingerprint density at radius 1 is 1.19 bits per heavy atom. The molecular formula is C22H18ClFN4O2S. The van der Waals surface area contributed by atoms with Gasteiger partial charge in [-0.1, -0.05) is 35.5 Å². The van der Waals surface area contributed by atoms with Gasteiger partial charge in [-0.05, 0) is 55.0 Å². The van der Waals surface area contributed by atoms with Crippen LogP contribution in [-0.2, 0) is 11.3 Å². The fourth-order valence-corrected chi connectivity index (χ4v) is 3.99. The number of rotatable bonds is 7. The minimum Gasteiger partial charge on any atom is -0.467 e. The summed E-state index contributed by atoms with van der Waals surface area (Å²) in [6, 6.07) is 15.2. The smallest absolute Gasteiger partial charge is 0.234 e. The second-order valence-electron chi connectivity index (χ2n) is 6.75. The zero-order valence-corrected chi connectivity index (χ0v) is 18.1. The number of aryl methyl sites for hydroxylation is 1. The van der Waals surface area contributed by atoms with E-state index in [9.17, 15) is 9.18 Å². The molecule has 0 atom stereocenters. The van der Waals surface area contributed by atoms with E-state index in [-0.39, 0.29) is 11.7 Å². The van der Waals surface area contributed by atoms with Gasteiger partial charge in [-0.25, -0.2) is 4.39 Å². The van der Waals surface area contributed by atoms with Crippen LogP contribution in [0.15, 0.2) is 70.4 Å². The summed E-state index contributed by atoms with van der Waals surface area (Å²) in [6.07, 6.45) is 1.57. The van der Waals surface area contributed by atoms with Crippen LogP contribution in [0.1, 0.15) is 11.3 Å². The van der Waals surface area contributed by atoms with Gasteiger partial charge < -0.3 is 9.73 Å². The number of aromatic nitrogens is 3. The molecule has 0 saturated carbocycles. The maximum absolute atomic E-state index is 14.4. The number of carbonyl (C=O) groups excluding carboxylic acids is 1. The second-order valence-corrected chi connectivity index (χ2v) is 8.13. The second kappa shape index (κ2) is 9.36. The van der Waals surface area contributed by atoms with E-state index >= 15 is 0 Å². The first-order valence-electron chi connectivity index (χ1n) is 9.40. The zero-order valence-electron chi connectivity index (χ0n) is 16.5. The lowest BCUT2D eigenvalue weighted by molar-refractivity contribution is -0.113. The van der Waals surface area contributed by atoms with Crippen molar-refractivity contribution in [3.8, 4) is 11.4 Å². The average Bonchev–Trinajstić information content (AvgIpc) is 3.40. The molecule has 0 unspecified atom stereocenters. The van der Waals surface area contributed by atoms with Crippen LogP contribution in [0, 0.1) is 12.7 Å². The van der Waals surface area contributed by atoms with E-state index in [0.717, 1.165) is 5.56 Å². The van der Waals surface area contributed by atoms with Crippen LogP contribution in [0.5, 0.6) is 0 Å². The summed E-state index contributed by atoms with van der Waals surface area (Å²) in [5, 5.41) is 12.3. The lowest BCUT2D eigenvalue weighted by Crippen LogP contribution is -2.15. The summed E-state index contributed by atoms with van der Waals surface area (Å²) >= 11 is 7.18. The van der Waals surface area contributed by atoms with Crippen molar-refractivity contribution in [1.29, 1.82) is 0 Å². The Bertz CT molecular complexity index is 1210. The molecule has 2 aromatic carbocycles. The minimum absolute atomic E-state index is 0.107. The van der Waals surface area contributed by atoms with Crippen molar-refractivity contribution in [3.05, 3.63) is 83.0 Å². The van der Waals surface area contributed by atoms with Gasteiger partial charge in [-0.15, -0.1) is 10.2 Å². The number of benzene rings is 2. The summed E-state index contributed by atoms with van der Waals surface area (Å²) in [5.41, 5.74) is 1.89. The van der Waals surface area contributed by atoms with Crippen LogP contribution in [-0.4, -0.2) is 26.4 Å². The predicted molar refractivity (Wildman–Crippen MR) is 119 cm³/mol. The number of anilines is 1. The van der Waals surface area contributed by atoms with Crippen molar-refractivity contribution in [2.75, 3.05) is 11.1 Å². The molecule has 31 heavy (non-hydrogen) atoms. The van der Waals surface area contributed by atoms with Gasteiger partial charge in [0.15, 0.2) is 11.0 Å². The van der Waals surface area contributed by atoms with Gasteiger partial charge in [0.2, 0.25) is 5.91 Å². The maximum Gasteiger partial charge on any atom is 0.234 e. The number of hydrogen-bond donors (Lipinski definition) is 1. The SMILES string of the molecule is Cc1cc(Cl)ccc1NC(=O)CSc1nnc(-c2ccccc2F)n1Cc1ccco1. The summed E-state index contributed by atoms with van der Waals surface area (Å²) < 4.78 is 21.6. The van der Waals surface area contributed by atoms with Crippen molar-refractivity contribution in [3.63, 3.8) is 0 Å². The van der Waals surface area contributed by atoms with Gasteiger partial charge >= 0.3 is 0 Å². The molecule has 0 radical (unpaired) electrons. The van der Waals surface area contributed by atoms with Crippen molar-refractivity contribution < 1.29 is 13.6 Å². The minimum atomic E-state index is -0.400. The topological polar surface area (TPSA) is 73.0 Å². The summed E-state index contributed by atoms with van der Waals surface area (Å²) in [7, 11) is 0. The standard InChI is InChI=1S/C22H18ClFN4O2S/c1-14-11-15(23)8-9-19(14)25-20(29)13-31-22-27-26-21(17-6-2-3-7-18(17)24)28(22)12-16-5-4-10-30-16/h2-11H,12-13H2,1H3,(H,25,29). The fraction of sp³-hybridized carbons (Fsp3) is 0.136. The molecule has 1 N–H and O–H groups in total. The van der Waals surface area contributed by atoms with Crippen molar-refractivity contribution in [2.45, 2.75) is 18.6 Å². The Kier molecular flexibility index (Phi) is 6.39. The largest absolute Gasteiger partial charge is 0.467 e. The van der Waals surface area contributed by atoms with E-state index in [2.05, 4.69) is 15.5 Å². The summed E-state index contributed by atoms with van der Waals surface area (Å²) in [6.45, 7) is 2.18. The van der Waals surface area contributed by atoms with Gasteiger partial charge in [0.05, 0.1) is 24.1 Å². The van der Waals surface area contributed by atoms with Gasteiger partial charge in [0.1, 0.15) is 11.6 Å². The normalized spacial score (nSPS) is 10.9. The molecule has 0 aliphatic rings. The third-order valence-corrected chi connectivity index (χ3v) is 5.72. The molecule has 0 aliphatic heterocycles. The van der Waals surface area contributed by atoms with Gasteiger partial charge in [-0.2, -0.15) is 0 Å². The molecule has 4 aromatic rings. The third kappa shape index (κ3) is 4.98. The maximum atomic E-state index is 14.4. The van der Waals surface area contributed by atoms with E-state index in [1.807, 2.05) is 13.0 Å². The highest BCUT2D eigenvalue weighted by Gasteiger charge is 2.19. The van der Waals surface area contributed by atoms with Crippen LogP contribution in [0.25, 0.3) is 11.4 Å². The molecule has 1 amide bonds. The number of furan rings is 1. The average molecular weight is 457 g/mol. The monoisotopic (exact) mass is 456 g/mol. The zero-order chi connectivity index (χ0) is 21.8. The molecule has 6 nitrogen and oxygen atoms in total. The first-order chi connectivity index (χ1) is 15.0. The lowest BCUT2D eigenvalue weighted by atomic mass is 10.2. The van der Waals surface area contributed by atoms with E-state index in [4.69, 9.17) is 16.0 Å². The number of thioether (sulfide) groups is 1. The molecule has 0 fully saturated rings. The van der Waals surface area contributed by atoms with Crippen LogP contribution in [0.4, 0.5) is 10.1 Å². The highest BCUT2D eigenvalue weighted by molar-refractivity contribution is 7.99. The summed E-state index contributed by atoms with van der Waals surface area (Å²) in [4.78, 5) is 12.5. The molecule has 9 heteroatoms. The van der Waals surface area contributed by atoms with E-state index in [0.29, 0.717) is 39.6 Å². The first-order valence-corrected chi connectivity index (χ1v) is 10.8. The van der Waals surface area contributed by atoms with E-state index in [1.165, 1.54) is 17.8 Å².